The van der Waals surface area contributed by atoms with E-state index in [9.17, 15) is 8.42 Å². The van der Waals surface area contributed by atoms with Crippen LogP contribution in [-0.4, -0.2) is 42.0 Å². The predicted molar refractivity (Wildman–Crippen MR) is 107 cm³/mol. The molecule has 6 nitrogen and oxygen atoms in total. The van der Waals surface area contributed by atoms with E-state index in [-0.39, 0.29) is 0 Å². The third-order valence-corrected chi connectivity index (χ3v) is 9.04. The van der Waals surface area contributed by atoms with Gasteiger partial charge in [-0.05, 0) is 37.1 Å². The van der Waals surface area contributed by atoms with Gasteiger partial charge in [0.05, 0.1) is 20.4 Å². The summed E-state index contributed by atoms with van der Waals surface area (Å²) in [6.45, 7) is 3.22. The molecule has 0 aliphatic carbocycles. The number of anilines is 1. The number of piperidine rings is 1. The van der Waals surface area contributed by atoms with Gasteiger partial charge in [-0.3, -0.25) is 0 Å². The standard InChI is InChI=1S/C15H18N4O2S4/c1-9-4-3-7-19(8-9)25(20,21)18-14-16-10-5-6-11-13(12(10)23-14)24-15(17-11)22-2/h5-6,9H,3-4,7-8H2,1-2H3,(H,16,18). The zero-order chi connectivity index (χ0) is 17.6. The van der Waals surface area contributed by atoms with Crippen molar-refractivity contribution in [3.8, 4) is 0 Å². The first-order valence-corrected chi connectivity index (χ1v) is 12.3. The van der Waals surface area contributed by atoms with Gasteiger partial charge in [0.25, 0.3) is 0 Å². The van der Waals surface area contributed by atoms with Gasteiger partial charge in [-0.25, -0.2) is 14.7 Å². The van der Waals surface area contributed by atoms with Crippen molar-refractivity contribution in [1.29, 1.82) is 0 Å². The predicted octanol–water partition coefficient (Wildman–Crippen LogP) is 4.02. The summed E-state index contributed by atoms with van der Waals surface area (Å²) >= 11 is 4.61. The molecule has 1 atom stereocenters. The summed E-state index contributed by atoms with van der Waals surface area (Å²) in [5.74, 6) is 0.391. The van der Waals surface area contributed by atoms with Crippen LogP contribution in [0.25, 0.3) is 20.4 Å². The quantitative estimate of drug-likeness (QED) is 0.653. The minimum Gasteiger partial charge on any atom is -0.246 e. The fourth-order valence-electron chi connectivity index (χ4n) is 3.02. The fraction of sp³-hybridized carbons (Fsp3) is 0.467. The minimum absolute atomic E-state index is 0.391. The van der Waals surface area contributed by atoms with Crippen LogP contribution in [0.5, 0.6) is 0 Å². The number of thiazole rings is 2. The smallest absolute Gasteiger partial charge is 0.246 e. The molecule has 1 aliphatic rings. The zero-order valence-corrected chi connectivity index (χ0v) is 17.1. The molecule has 1 fully saturated rings. The van der Waals surface area contributed by atoms with E-state index in [2.05, 4.69) is 21.6 Å². The molecule has 1 saturated heterocycles. The van der Waals surface area contributed by atoms with Crippen LogP contribution < -0.4 is 4.72 Å². The summed E-state index contributed by atoms with van der Waals surface area (Å²) in [6.07, 6.45) is 3.98. The molecule has 4 rings (SSSR count). The lowest BCUT2D eigenvalue weighted by Gasteiger charge is -2.29. The Bertz CT molecular complexity index is 1030. The van der Waals surface area contributed by atoms with E-state index in [1.54, 1.807) is 23.1 Å². The molecule has 0 saturated carbocycles. The number of nitrogens with one attached hydrogen (secondary N) is 1. The summed E-state index contributed by atoms with van der Waals surface area (Å²) < 4.78 is 32.6. The van der Waals surface area contributed by atoms with E-state index in [4.69, 9.17) is 0 Å². The van der Waals surface area contributed by atoms with Crippen LogP contribution in [-0.2, 0) is 10.2 Å². The molecule has 10 heteroatoms. The molecule has 3 heterocycles. The van der Waals surface area contributed by atoms with Crippen LogP contribution in [0.15, 0.2) is 16.5 Å². The van der Waals surface area contributed by atoms with E-state index < -0.39 is 10.2 Å². The van der Waals surface area contributed by atoms with Gasteiger partial charge in [-0.15, -0.1) is 11.3 Å². The fourth-order valence-corrected chi connectivity index (χ4v) is 7.23. The second kappa shape index (κ2) is 6.66. The Labute approximate surface area is 158 Å². The molecule has 0 bridgehead atoms. The van der Waals surface area contributed by atoms with E-state index in [0.29, 0.717) is 24.1 Å². The molecule has 134 valence electrons. The molecule has 2 aromatic heterocycles. The van der Waals surface area contributed by atoms with Crippen LogP contribution >= 0.6 is 34.4 Å². The van der Waals surface area contributed by atoms with E-state index in [0.717, 1.165) is 37.6 Å². The number of fused-ring (bicyclic) bond motifs is 3. The van der Waals surface area contributed by atoms with Gasteiger partial charge in [-0.1, -0.05) is 30.0 Å². The van der Waals surface area contributed by atoms with Crippen LogP contribution in [0.1, 0.15) is 19.8 Å². The lowest BCUT2D eigenvalue weighted by Crippen LogP contribution is -2.42. The molecule has 0 amide bonds. The van der Waals surface area contributed by atoms with Crippen molar-refractivity contribution in [2.24, 2.45) is 5.92 Å². The van der Waals surface area contributed by atoms with Crippen LogP contribution in [0.3, 0.4) is 0 Å². The van der Waals surface area contributed by atoms with Crippen LogP contribution in [0, 0.1) is 5.92 Å². The van der Waals surface area contributed by atoms with Gasteiger partial charge in [0.1, 0.15) is 0 Å². The Morgan fingerprint density at radius 3 is 2.68 bits per heavy atom. The first kappa shape index (κ1) is 17.5. The normalized spacial score (nSPS) is 19.7. The zero-order valence-electron chi connectivity index (χ0n) is 13.9. The highest BCUT2D eigenvalue weighted by atomic mass is 32.2. The molecule has 1 unspecified atom stereocenters. The first-order valence-electron chi connectivity index (χ1n) is 7.98. The maximum Gasteiger partial charge on any atom is 0.303 e. The topological polar surface area (TPSA) is 75.2 Å². The molecule has 0 radical (unpaired) electrons. The van der Waals surface area contributed by atoms with Crippen LogP contribution in [0.2, 0.25) is 0 Å². The molecule has 1 aromatic carbocycles. The summed E-state index contributed by atoms with van der Waals surface area (Å²) in [5.41, 5.74) is 1.74. The Kier molecular flexibility index (Phi) is 4.65. The highest BCUT2D eigenvalue weighted by molar-refractivity contribution is 8.00. The highest BCUT2D eigenvalue weighted by Crippen LogP contribution is 2.38. The van der Waals surface area contributed by atoms with E-state index in [1.165, 1.54) is 15.6 Å². The monoisotopic (exact) mass is 414 g/mol. The number of hydrogen-bond acceptors (Lipinski definition) is 7. The number of rotatable bonds is 4. The van der Waals surface area contributed by atoms with Crippen molar-refractivity contribution < 1.29 is 8.42 Å². The largest absolute Gasteiger partial charge is 0.303 e. The number of benzene rings is 1. The van der Waals surface area contributed by atoms with E-state index in [1.807, 2.05) is 18.4 Å². The number of aromatic nitrogens is 2. The Morgan fingerprint density at radius 2 is 1.96 bits per heavy atom. The number of thioether (sulfide) groups is 1. The number of nitrogens with zero attached hydrogens (tertiary/aromatic N) is 3. The Hall–Kier alpha value is -0.940. The molecule has 0 spiro atoms. The van der Waals surface area contributed by atoms with Crippen molar-refractivity contribution in [1.82, 2.24) is 14.3 Å². The molecular weight excluding hydrogens is 396 g/mol. The van der Waals surface area contributed by atoms with Crippen molar-refractivity contribution in [3.63, 3.8) is 0 Å². The van der Waals surface area contributed by atoms with Gasteiger partial charge >= 0.3 is 10.2 Å². The molecule has 1 aliphatic heterocycles. The molecule has 1 N–H and O–H groups in total. The van der Waals surface area contributed by atoms with Gasteiger partial charge in [-0.2, -0.15) is 12.7 Å². The van der Waals surface area contributed by atoms with Crippen molar-refractivity contribution in [3.05, 3.63) is 12.1 Å². The van der Waals surface area contributed by atoms with Gasteiger partial charge in [0.2, 0.25) is 0 Å². The average molecular weight is 415 g/mol. The maximum absolute atomic E-state index is 12.7. The van der Waals surface area contributed by atoms with Crippen molar-refractivity contribution >= 4 is 70.2 Å². The average Bonchev–Trinajstić information content (AvgIpc) is 3.16. The van der Waals surface area contributed by atoms with Gasteiger partial charge in [0.15, 0.2) is 9.47 Å². The summed E-state index contributed by atoms with van der Waals surface area (Å²) in [6, 6.07) is 3.84. The SMILES string of the molecule is CSc1nc2ccc3nc(NS(=O)(=O)N4CCCC(C)C4)sc3c2s1. The lowest BCUT2D eigenvalue weighted by molar-refractivity contribution is 0.282. The first-order chi connectivity index (χ1) is 12.0. The highest BCUT2D eigenvalue weighted by Gasteiger charge is 2.28. The van der Waals surface area contributed by atoms with Crippen molar-refractivity contribution in [2.45, 2.75) is 24.1 Å². The lowest BCUT2D eigenvalue weighted by atomic mass is 10.0. The number of hydrogen-bond donors (Lipinski definition) is 1. The third kappa shape index (κ3) is 3.37. The summed E-state index contributed by atoms with van der Waals surface area (Å²) in [7, 11) is -3.55. The second-order valence-electron chi connectivity index (χ2n) is 6.18. The Morgan fingerprint density at radius 1 is 1.24 bits per heavy atom. The third-order valence-electron chi connectivity index (χ3n) is 4.24. The molecule has 25 heavy (non-hydrogen) atoms. The van der Waals surface area contributed by atoms with Crippen molar-refractivity contribution in [2.75, 3.05) is 24.1 Å². The van der Waals surface area contributed by atoms with E-state index >= 15 is 0 Å². The maximum atomic E-state index is 12.7. The van der Waals surface area contributed by atoms with Gasteiger partial charge in [0, 0.05) is 13.1 Å². The Balaban J connectivity index is 1.67. The van der Waals surface area contributed by atoms with Crippen LogP contribution in [0.4, 0.5) is 5.13 Å². The second-order valence-corrected chi connectivity index (χ2v) is 10.9. The minimum atomic E-state index is -3.55. The summed E-state index contributed by atoms with van der Waals surface area (Å²) in [4.78, 5) is 9.03. The molecule has 3 aromatic rings. The van der Waals surface area contributed by atoms with Gasteiger partial charge < -0.3 is 0 Å². The molecular formula is C15H18N4O2S4. The summed E-state index contributed by atoms with van der Waals surface area (Å²) in [5, 5.41) is 0.417.